The van der Waals surface area contributed by atoms with Gasteiger partial charge in [0.2, 0.25) is 0 Å². The Morgan fingerprint density at radius 3 is 2.71 bits per heavy atom. The Kier molecular flexibility index (Phi) is 1.95. The number of benzene rings is 1. The van der Waals surface area contributed by atoms with Gasteiger partial charge in [-0.1, -0.05) is 30.9 Å². The highest BCUT2D eigenvalue weighted by Gasteiger charge is 2.24. The summed E-state index contributed by atoms with van der Waals surface area (Å²) in [5, 5.41) is 0. The maximum absolute atomic E-state index is 5.83. The number of para-hydroxylation sites is 1. The molecule has 0 saturated heterocycles. The molecule has 1 aromatic carbocycles. The zero-order valence-electron chi connectivity index (χ0n) is 8.58. The van der Waals surface area contributed by atoms with Gasteiger partial charge in [-0.3, -0.25) is 0 Å². The van der Waals surface area contributed by atoms with Crippen LogP contribution in [0.25, 0.3) is 5.57 Å². The molecule has 0 aromatic heterocycles. The van der Waals surface area contributed by atoms with E-state index in [1.807, 2.05) is 38.1 Å². The lowest BCUT2D eigenvalue weighted by molar-refractivity contribution is 0.158. The standard InChI is InChI=1S/C13H14O/c1-4-10-9-13(2,3)14-12-8-6-5-7-11(10)12/h4-9H,1H2,2-3H3. The minimum atomic E-state index is -0.238. The van der Waals surface area contributed by atoms with Gasteiger partial charge >= 0.3 is 0 Å². The first-order valence-electron chi connectivity index (χ1n) is 4.76. The minimum absolute atomic E-state index is 0.238. The van der Waals surface area contributed by atoms with Crippen LogP contribution >= 0.6 is 0 Å². The summed E-state index contributed by atoms with van der Waals surface area (Å²) in [4.78, 5) is 0. The van der Waals surface area contributed by atoms with Crippen LogP contribution in [0.4, 0.5) is 0 Å². The largest absolute Gasteiger partial charge is 0.483 e. The molecule has 0 spiro atoms. The lowest BCUT2D eigenvalue weighted by atomic mass is 9.95. The molecule has 1 aliphatic heterocycles. The van der Waals surface area contributed by atoms with E-state index in [0.717, 1.165) is 16.9 Å². The van der Waals surface area contributed by atoms with Gasteiger partial charge in [0.25, 0.3) is 0 Å². The van der Waals surface area contributed by atoms with Crippen molar-refractivity contribution in [3.05, 3.63) is 48.6 Å². The molecule has 0 atom stereocenters. The first-order chi connectivity index (χ1) is 6.62. The zero-order valence-corrected chi connectivity index (χ0v) is 8.58. The Hall–Kier alpha value is -1.50. The number of ether oxygens (including phenoxy) is 1. The predicted octanol–water partition coefficient (Wildman–Crippen LogP) is 3.43. The van der Waals surface area contributed by atoms with Crippen molar-refractivity contribution in [2.75, 3.05) is 0 Å². The number of hydrogen-bond acceptors (Lipinski definition) is 1. The average Bonchev–Trinajstić information content (AvgIpc) is 2.15. The summed E-state index contributed by atoms with van der Waals surface area (Å²) >= 11 is 0. The molecular weight excluding hydrogens is 172 g/mol. The molecule has 0 amide bonds. The third kappa shape index (κ3) is 1.46. The fourth-order valence-corrected chi connectivity index (χ4v) is 1.73. The molecule has 1 nitrogen and oxygen atoms in total. The maximum Gasteiger partial charge on any atom is 0.128 e. The van der Waals surface area contributed by atoms with Crippen molar-refractivity contribution in [2.45, 2.75) is 19.4 Å². The Labute approximate surface area is 84.7 Å². The van der Waals surface area contributed by atoms with E-state index >= 15 is 0 Å². The number of rotatable bonds is 1. The third-order valence-electron chi connectivity index (χ3n) is 2.29. The fraction of sp³-hybridized carbons (Fsp3) is 0.231. The molecule has 0 radical (unpaired) electrons. The van der Waals surface area contributed by atoms with Crippen molar-refractivity contribution in [2.24, 2.45) is 0 Å². The molecule has 72 valence electrons. The van der Waals surface area contributed by atoms with E-state index in [4.69, 9.17) is 4.74 Å². The van der Waals surface area contributed by atoms with E-state index in [-0.39, 0.29) is 5.60 Å². The SMILES string of the molecule is C=CC1=CC(C)(C)Oc2ccccc21. The smallest absolute Gasteiger partial charge is 0.128 e. The van der Waals surface area contributed by atoms with Gasteiger partial charge in [-0.05, 0) is 31.6 Å². The highest BCUT2D eigenvalue weighted by Crippen LogP contribution is 2.35. The van der Waals surface area contributed by atoms with E-state index in [1.165, 1.54) is 0 Å². The van der Waals surface area contributed by atoms with Crippen LogP contribution < -0.4 is 4.74 Å². The van der Waals surface area contributed by atoms with Crippen molar-refractivity contribution in [1.29, 1.82) is 0 Å². The molecule has 1 heterocycles. The molecule has 14 heavy (non-hydrogen) atoms. The molecule has 1 aliphatic rings. The first kappa shape index (κ1) is 9.07. The van der Waals surface area contributed by atoms with Gasteiger partial charge in [-0.2, -0.15) is 0 Å². The number of hydrogen-bond donors (Lipinski definition) is 0. The van der Waals surface area contributed by atoms with Crippen LogP contribution in [0.5, 0.6) is 5.75 Å². The van der Waals surface area contributed by atoms with Gasteiger partial charge in [-0.25, -0.2) is 0 Å². The van der Waals surface area contributed by atoms with Crippen LogP contribution in [0.1, 0.15) is 19.4 Å². The lowest BCUT2D eigenvalue weighted by Gasteiger charge is -2.30. The minimum Gasteiger partial charge on any atom is -0.483 e. The topological polar surface area (TPSA) is 9.23 Å². The fourth-order valence-electron chi connectivity index (χ4n) is 1.73. The predicted molar refractivity (Wildman–Crippen MR) is 59.3 cm³/mol. The maximum atomic E-state index is 5.83. The van der Waals surface area contributed by atoms with Gasteiger partial charge in [0.05, 0.1) is 0 Å². The second-order valence-electron chi connectivity index (χ2n) is 4.01. The quantitative estimate of drug-likeness (QED) is 0.653. The second kappa shape index (κ2) is 3.02. The Morgan fingerprint density at radius 2 is 2.00 bits per heavy atom. The van der Waals surface area contributed by atoms with Gasteiger partial charge in [0, 0.05) is 5.56 Å². The van der Waals surface area contributed by atoms with Crippen molar-refractivity contribution < 1.29 is 4.74 Å². The Morgan fingerprint density at radius 1 is 1.29 bits per heavy atom. The third-order valence-corrected chi connectivity index (χ3v) is 2.29. The Balaban J connectivity index is 2.59. The van der Waals surface area contributed by atoms with E-state index < -0.39 is 0 Å². The van der Waals surface area contributed by atoms with E-state index in [1.54, 1.807) is 0 Å². The number of fused-ring (bicyclic) bond motifs is 1. The Bertz CT molecular complexity index is 399. The summed E-state index contributed by atoms with van der Waals surface area (Å²) in [5.41, 5.74) is 2.04. The molecule has 0 N–H and O–H groups in total. The van der Waals surface area contributed by atoms with Crippen molar-refractivity contribution >= 4 is 5.57 Å². The van der Waals surface area contributed by atoms with Crippen LogP contribution in [-0.4, -0.2) is 5.60 Å². The van der Waals surface area contributed by atoms with Crippen molar-refractivity contribution in [1.82, 2.24) is 0 Å². The summed E-state index contributed by atoms with van der Waals surface area (Å²) in [7, 11) is 0. The summed E-state index contributed by atoms with van der Waals surface area (Å²) in [6, 6.07) is 8.05. The van der Waals surface area contributed by atoms with E-state index in [9.17, 15) is 0 Å². The van der Waals surface area contributed by atoms with Crippen molar-refractivity contribution in [3.63, 3.8) is 0 Å². The highest BCUT2D eigenvalue weighted by molar-refractivity contribution is 5.79. The van der Waals surface area contributed by atoms with Gasteiger partial charge in [0.15, 0.2) is 0 Å². The van der Waals surface area contributed by atoms with Crippen LogP contribution in [0, 0.1) is 0 Å². The van der Waals surface area contributed by atoms with Gasteiger partial charge in [-0.15, -0.1) is 0 Å². The molecule has 1 aromatic rings. The van der Waals surface area contributed by atoms with Crippen LogP contribution in [-0.2, 0) is 0 Å². The molecular formula is C13H14O. The molecule has 0 saturated carbocycles. The highest BCUT2D eigenvalue weighted by atomic mass is 16.5. The van der Waals surface area contributed by atoms with E-state index in [2.05, 4.69) is 18.7 Å². The first-order valence-corrected chi connectivity index (χ1v) is 4.76. The van der Waals surface area contributed by atoms with Gasteiger partial charge in [0.1, 0.15) is 11.4 Å². The van der Waals surface area contributed by atoms with Crippen molar-refractivity contribution in [3.8, 4) is 5.75 Å². The summed E-state index contributed by atoms with van der Waals surface area (Å²) in [6.07, 6.45) is 3.98. The molecule has 0 unspecified atom stereocenters. The van der Waals surface area contributed by atoms with Gasteiger partial charge < -0.3 is 4.74 Å². The molecule has 1 heteroatoms. The lowest BCUT2D eigenvalue weighted by Crippen LogP contribution is -2.28. The van der Waals surface area contributed by atoms with E-state index in [0.29, 0.717) is 0 Å². The second-order valence-corrected chi connectivity index (χ2v) is 4.01. The molecule has 0 fully saturated rings. The van der Waals surface area contributed by atoms with Crippen LogP contribution in [0.15, 0.2) is 43.0 Å². The summed E-state index contributed by atoms with van der Waals surface area (Å²) in [6.45, 7) is 7.92. The number of allylic oxidation sites excluding steroid dienone is 2. The summed E-state index contributed by atoms with van der Waals surface area (Å²) < 4.78 is 5.83. The molecule has 0 bridgehead atoms. The molecule has 2 rings (SSSR count). The summed E-state index contributed by atoms with van der Waals surface area (Å²) in [5.74, 6) is 0.940. The zero-order chi connectivity index (χ0) is 10.2. The normalized spacial score (nSPS) is 17.7. The average molecular weight is 186 g/mol. The molecule has 0 aliphatic carbocycles. The van der Waals surface area contributed by atoms with Crippen LogP contribution in [0.2, 0.25) is 0 Å². The van der Waals surface area contributed by atoms with Crippen LogP contribution in [0.3, 0.4) is 0 Å². The monoisotopic (exact) mass is 186 g/mol.